The minimum absolute atomic E-state index is 0.168. The van der Waals surface area contributed by atoms with Crippen molar-refractivity contribution in [3.8, 4) is 0 Å². The highest BCUT2D eigenvalue weighted by Crippen LogP contribution is 1.96. The summed E-state index contributed by atoms with van der Waals surface area (Å²) in [4.78, 5) is 10.8. The lowest BCUT2D eigenvalue weighted by Crippen LogP contribution is -2.31. The van der Waals surface area contributed by atoms with E-state index >= 15 is 0 Å². The maximum absolute atomic E-state index is 10.8. The van der Waals surface area contributed by atoms with Crippen LogP contribution in [0.1, 0.15) is 5.56 Å². The van der Waals surface area contributed by atoms with Crippen molar-refractivity contribution in [1.29, 1.82) is 0 Å². The average Bonchev–Trinajstić information content (AvgIpc) is 2.09. The summed E-state index contributed by atoms with van der Waals surface area (Å²) < 4.78 is 0. The van der Waals surface area contributed by atoms with Gasteiger partial charge in [-0.2, -0.15) is 0 Å². The molecule has 0 bridgehead atoms. The van der Waals surface area contributed by atoms with Gasteiger partial charge in [-0.3, -0.25) is 10.2 Å². The Hall–Kier alpha value is -1.29. The topological polar surface area (TPSA) is 55.1 Å². The van der Waals surface area contributed by atoms with Gasteiger partial charge in [-0.1, -0.05) is 29.7 Å². The summed E-state index contributed by atoms with van der Waals surface area (Å²) in [5, 5.41) is 0. The molecule has 4 heteroatoms. The summed E-state index contributed by atoms with van der Waals surface area (Å²) in [7, 11) is 2.01. The molecule has 1 rings (SSSR count). The number of nitrogens with one attached hydrogen (secondary N) is 1. The lowest BCUT2D eigenvalue weighted by atomic mass is 9.95. The van der Waals surface area contributed by atoms with Gasteiger partial charge in [-0.05, 0) is 5.56 Å². The number of hydrazine groups is 1. The van der Waals surface area contributed by atoms with Crippen LogP contribution < -0.4 is 16.7 Å². The summed E-state index contributed by atoms with van der Waals surface area (Å²) in [5.41, 5.74) is 4.25. The largest absolute Gasteiger partial charge is 0.294 e. The zero-order valence-electron chi connectivity index (χ0n) is 7.00. The van der Waals surface area contributed by atoms with Crippen molar-refractivity contribution in [2.24, 2.45) is 5.84 Å². The number of rotatable bonds is 2. The third-order valence-electron chi connectivity index (χ3n) is 1.65. The van der Waals surface area contributed by atoms with Crippen LogP contribution in [0.4, 0.5) is 0 Å². The highest BCUT2D eigenvalue weighted by Gasteiger charge is 1.99. The first-order valence-electron chi connectivity index (χ1n) is 3.77. The van der Waals surface area contributed by atoms with Gasteiger partial charge < -0.3 is 0 Å². The molecular weight excluding hydrogens is 151 g/mol. The second-order valence-electron chi connectivity index (χ2n) is 2.73. The third-order valence-corrected chi connectivity index (χ3v) is 1.65. The molecule has 0 heterocycles. The summed E-state index contributed by atoms with van der Waals surface area (Å²) >= 11 is 0. The predicted molar refractivity (Wildman–Crippen MR) is 50.7 cm³/mol. The SMILES string of the molecule is Bc1ccc(CC(=O)NN)cc1. The van der Waals surface area contributed by atoms with Gasteiger partial charge in [0.05, 0.1) is 6.42 Å². The number of nitrogens with two attached hydrogens (primary N) is 1. The molecule has 0 aliphatic carbocycles. The van der Waals surface area contributed by atoms with Gasteiger partial charge in [0.15, 0.2) is 0 Å². The molecule has 0 radical (unpaired) electrons. The maximum Gasteiger partial charge on any atom is 0.238 e. The number of amides is 1. The summed E-state index contributed by atoms with van der Waals surface area (Å²) in [6.45, 7) is 0. The van der Waals surface area contributed by atoms with Gasteiger partial charge in [0, 0.05) is 0 Å². The summed E-state index contributed by atoms with van der Waals surface area (Å²) in [6, 6.07) is 7.79. The molecule has 0 unspecified atom stereocenters. The molecule has 12 heavy (non-hydrogen) atoms. The normalized spacial score (nSPS) is 9.42. The number of carbonyl (C=O) groups excluding carboxylic acids is 1. The van der Waals surface area contributed by atoms with E-state index in [1.165, 1.54) is 5.46 Å². The number of benzene rings is 1. The van der Waals surface area contributed by atoms with Crippen molar-refractivity contribution in [3.63, 3.8) is 0 Å². The molecule has 0 aliphatic heterocycles. The zero-order valence-corrected chi connectivity index (χ0v) is 7.00. The van der Waals surface area contributed by atoms with E-state index in [1.54, 1.807) is 0 Å². The Morgan fingerprint density at radius 3 is 2.50 bits per heavy atom. The fourth-order valence-corrected chi connectivity index (χ4v) is 0.942. The second-order valence-corrected chi connectivity index (χ2v) is 2.73. The van der Waals surface area contributed by atoms with Crippen molar-refractivity contribution in [2.45, 2.75) is 6.42 Å². The predicted octanol–water partition coefficient (Wildman–Crippen LogP) is -1.52. The Bertz CT molecular complexity index is 271. The average molecular weight is 162 g/mol. The van der Waals surface area contributed by atoms with Gasteiger partial charge in [0.1, 0.15) is 7.85 Å². The lowest BCUT2D eigenvalue weighted by Gasteiger charge is -1.99. The maximum atomic E-state index is 10.8. The number of carbonyl (C=O) groups is 1. The van der Waals surface area contributed by atoms with Gasteiger partial charge in [-0.25, -0.2) is 5.84 Å². The quantitative estimate of drug-likeness (QED) is 0.240. The van der Waals surface area contributed by atoms with E-state index in [-0.39, 0.29) is 5.91 Å². The Kier molecular flexibility index (Phi) is 2.88. The standard InChI is InChI=1S/C8H11BN2O/c9-7-3-1-6(2-4-7)5-8(12)11-10/h1-4H,5,9-10H2,(H,11,12). The zero-order chi connectivity index (χ0) is 8.97. The highest BCUT2D eigenvalue weighted by molar-refractivity contribution is 6.32. The second kappa shape index (κ2) is 3.92. The first kappa shape index (κ1) is 8.81. The minimum atomic E-state index is -0.168. The van der Waals surface area contributed by atoms with Crippen LogP contribution in [0.2, 0.25) is 0 Å². The summed E-state index contributed by atoms with van der Waals surface area (Å²) in [6.07, 6.45) is 0.344. The molecule has 1 amide bonds. The van der Waals surface area contributed by atoms with Gasteiger partial charge in [-0.15, -0.1) is 0 Å². The monoisotopic (exact) mass is 162 g/mol. The molecule has 3 N–H and O–H groups in total. The van der Waals surface area contributed by atoms with Crippen LogP contribution in [0.25, 0.3) is 0 Å². The molecule has 0 aromatic heterocycles. The Balaban J connectivity index is 2.64. The van der Waals surface area contributed by atoms with Crippen molar-refractivity contribution >= 4 is 19.2 Å². The first-order valence-corrected chi connectivity index (χ1v) is 3.77. The van der Waals surface area contributed by atoms with E-state index in [9.17, 15) is 4.79 Å². The highest BCUT2D eigenvalue weighted by atomic mass is 16.2. The molecule has 62 valence electrons. The molecule has 3 nitrogen and oxygen atoms in total. The fraction of sp³-hybridized carbons (Fsp3) is 0.125. The summed E-state index contributed by atoms with van der Waals surface area (Å²) in [5.74, 6) is 4.78. The van der Waals surface area contributed by atoms with E-state index < -0.39 is 0 Å². The Morgan fingerprint density at radius 1 is 1.42 bits per heavy atom. The van der Waals surface area contributed by atoms with Crippen LogP contribution in [0.5, 0.6) is 0 Å². The first-order chi connectivity index (χ1) is 5.72. The van der Waals surface area contributed by atoms with Gasteiger partial charge >= 0.3 is 0 Å². The molecule has 0 saturated heterocycles. The minimum Gasteiger partial charge on any atom is -0.294 e. The molecule has 0 spiro atoms. The van der Waals surface area contributed by atoms with Crippen LogP contribution >= 0.6 is 0 Å². The van der Waals surface area contributed by atoms with Crippen molar-refractivity contribution in [3.05, 3.63) is 29.8 Å². The van der Waals surface area contributed by atoms with E-state index in [2.05, 4.69) is 5.43 Å². The van der Waals surface area contributed by atoms with E-state index in [4.69, 9.17) is 5.84 Å². The molecule has 0 fully saturated rings. The van der Waals surface area contributed by atoms with Crippen LogP contribution in [-0.4, -0.2) is 13.8 Å². The van der Waals surface area contributed by atoms with Gasteiger partial charge in [0.25, 0.3) is 0 Å². The molecule has 1 aromatic carbocycles. The van der Waals surface area contributed by atoms with Crippen molar-refractivity contribution < 1.29 is 4.79 Å². The number of hydrogen-bond acceptors (Lipinski definition) is 2. The molecule has 0 aliphatic rings. The molecule has 1 aromatic rings. The fourth-order valence-electron chi connectivity index (χ4n) is 0.942. The van der Waals surface area contributed by atoms with Crippen LogP contribution in [-0.2, 0) is 11.2 Å². The van der Waals surface area contributed by atoms with E-state index in [1.807, 2.05) is 32.1 Å². The third kappa shape index (κ3) is 2.40. The molecule has 0 atom stereocenters. The van der Waals surface area contributed by atoms with Crippen molar-refractivity contribution in [2.75, 3.05) is 0 Å². The smallest absolute Gasteiger partial charge is 0.238 e. The lowest BCUT2D eigenvalue weighted by molar-refractivity contribution is -0.120. The van der Waals surface area contributed by atoms with E-state index in [0.717, 1.165) is 5.56 Å². The van der Waals surface area contributed by atoms with Crippen LogP contribution in [0.3, 0.4) is 0 Å². The molecule has 0 saturated carbocycles. The molecular formula is C8H11BN2O. The van der Waals surface area contributed by atoms with Crippen molar-refractivity contribution in [1.82, 2.24) is 5.43 Å². The van der Waals surface area contributed by atoms with Crippen LogP contribution in [0, 0.1) is 0 Å². The van der Waals surface area contributed by atoms with E-state index in [0.29, 0.717) is 6.42 Å². The number of hydrogen-bond donors (Lipinski definition) is 2. The Labute approximate surface area is 72.3 Å². The van der Waals surface area contributed by atoms with Gasteiger partial charge in [0.2, 0.25) is 5.91 Å². The van der Waals surface area contributed by atoms with Crippen LogP contribution in [0.15, 0.2) is 24.3 Å². The Morgan fingerprint density at radius 2 is 2.00 bits per heavy atom.